The molecule has 118 valence electrons. The van der Waals surface area contributed by atoms with E-state index < -0.39 is 10.0 Å². The molecule has 7 heteroatoms. The number of nitriles is 1. The Kier molecular flexibility index (Phi) is 4.28. The summed E-state index contributed by atoms with van der Waals surface area (Å²) in [4.78, 5) is 6.59. The predicted molar refractivity (Wildman–Crippen MR) is 86.4 cm³/mol. The first-order valence-corrected chi connectivity index (χ1v) is 8.71. The van der Waals surface area contributed by atoms with Gasteiger partial charge in [0.1, 0.15) is 5.82 Å². The summed E-state index contributed by atoms with van der Waals surface area (Å²) in [6.07, 6.45) is 1.73. The standard InChI is InChI=1S/C16H16N4O2S/c17-13-14-4-6-15(7-5-14)23(21,22)20-11-9-19(10-12-20)16-3-1-2-8-18-16/h1-8H,9-12H2. The van der Waals surface area contributed by atoms with Crippen LogP contribution in [0.2, 0.25) is 0 Å². The van der Waals surface area contributed by atoms with Gasteiger partial charge < -0.3 is 4.90 Å². The second-order valence-corrected chi connectivity index (χ2v) is 7.15. The van der Waals surface area contributed by atoms with Crippen molar-refractivity contribution in [2.75, 3.05) is 31.1 Å². The Morgan fingerprint density at radius 3 is 2.26 bits per heavy atom. The number of rotatable bonds is 3. The highest BCUT2D eigenvalue weighted by atomic mass is 32.2. The van der Waals surface area contributed by atoms with E-state index in [1.54, 1.807) is 6.20 Å². The maximum absolute atomic E-state index is 12.6. The van der Waals surface area contributed by atoms with E-state index in [0.29, 0.717) is 31.7 Å². The van der Waals surface area contributed by atoms with Gasteiger partial charge in [-0.1, -0.05) is 6.07 Å². The molecule has 1 aliphatic rings. The molecule has 0 bridgehead atoms. The summed E-state index contributed by atoms with van der Waals surface area (Å²) in [6.45, 7) is 2.04. The van der Waals surface area contributed by atoms with Crippen LogP contribution in [0.3, 0.4) is 0 Å². The van der Waals surface area contributed by atoms with E-state index in [1.165, 1.54) is 28.6 Å². The van der Waals surface area contributed by atoms with E-state index in [4.69, 9.17) is 5.26 Å². The van der Waals surface area contributed by atoms with Gasteiger partial charge in [-0.25, -0.2) is 13.4 Å². The lowest BCUT2D eigenvalue weighted by molar-refractivity contribution is 0.384. The third-order valence-corrected chi connectivity index (χ3v) is 5.75. The van der Waals surface area contributed by atoms with E-state index in [1.807, 2.05) is 24.3 Å². The summed E-state index contributed by atoms with van der Waals surface area (Å²) in [5.41, 5.74) is 0.448. The summed E-state index contributed by atoms with van der Waals surface area (Å²) in [5.74, 6) is 0.864. The minimum Gasteiger partial charge on any atom is -0.354 e. The SMILES string of the molecule is N#Cc1ccc(S(=O)(=O)N2CCN(c3ccccn3)CC2)cc1. The average molecular weight is 328 g/mol. The van der Waals surface area contributed by atoms with Crippen molar-refractivity contribution in [2.45, 2.75) is 4.90 Å². The Labute approximate surface area is 135 Å². The predicted octanol–water partition coefficient (Wildman–Crippen LogP) is 1.46. The smallest absolute Gasteiger partial charge is 0.243 e. The van der Waals surface area contributed by atoms with Crippen LogP contribution in [-0.2, 0) is 10.0 Å². The van der Waals surface area contributed by atoms with Crippen LogP contribution in [0, 0.1) is 11.3 Å². The number of aromatic nitrogens is 1. The molecular weight excluding hydrogens is 312 g/mol. The van der Waals surface area contributed by atoms with E-state index in [9.17, 15) is 8.42 Å². The largest absolute Gasteiger partial charge is 0.354 e. The van der Waals surface area contributed by atoms with E-state index in [-0.39, 0.29) is 4.90 Å². The molecule has 0 aliphatic carbocycles. The molecule has 1 aliphatic heterocycles. The van der Waals surface area contributed by atoms with Crippen molar-refractivity contribution in [2.24, 2.45) is 0 Å². The molecule has 2 aromatic rings. The van der Waals surface area contributed by atoms with Crippen molar-refractivity contribution in [1.82, 2.24) is 9.29 Å². The number of nitrogens with zero attached hydrogens (tertiary/aromatic N) is 4. The molecule has 0 atom stereocenters. The van der Waals surface area contributed by atoms with Crippen molar-refractivity contribution >= 4 is 15.8 Å². The Morgan fingerprint density at radius 1 is 1.00 bits per heavy atom. The number of anilines is 1. The van der Waals surface area contributed by atoms with Gasteiger partial charge >= 0.3 is 0 Å². The summed E-state index contributed by atoms with van der Waals surface area (Å²) < 4.78 is 26.8. The van der Waals surface area contributed by atoms with E-state index >= 15 is 0 Å². The number of pyridine rings is 1. The Hall–Kier alpha value is -2.43. The third-order valence-electron chi connectivity index (χ3n) is 3.83. The first-order chi connectivity index (χ1) is 11.1. The van der Waals surface area contributed by atoms with E-state index in [2.05, 4.69) is 9.88 Å². The van der Waals surface area contributed by atoms with Gasteiger partial charge in [-0.05, 0) is 36.4 Å². The van der Waals surface area contributed by atoms with Gasteiger partial charge in [0.2, 0.25) is 10.0 Å². The third kappa shape index (κ3) is 3.18. The lowest BCUT2D eigenvalue weighted by Crippen LogP contribution is -2.48. The fourth-order valence-electron chi connectivity index (χ4n) is 2.55. The molecule has 1 aromatic carbocycles. The molecule has 0 spiro atoms. The summed E-state index contributed by atoms with van der Waals surface area (Å²) in [7, 11) is -3.52. The van der Waals surface area contributed by atoms with Crippen LogP contribution in [0.15, 0.2) is 53.6 Å². The highest BCUT2D eigenvalue weighted by molar-refractivity contribution is 7.89. The first kappa shape index (κ1) is 15.5. The molecular formula is C16H16N4O2S. The van der Waals surface area contributed by atoms with Gasteiger partial charge in [0, 0.05) is 32.4 Å². The van der Waals surface area contributed by atoms with Crippen molar-refractivity contribution in [1.29, 1.82) is 5.26 Å². The van der Waals surface area contributed by atoms with E-state index in [0.717, 1.165) is 5.82 Å². The van der Waals surface area contributed by atoms with Crippen molar-refractivity contribution < 1.29 is 8.42 Å². The number of hydrogen-bond donors (Lipinski definition) is 0. The Morgan fingerprint density at radius 2 is 1.70 bits per heavy atom. The van der Waals surface area contributed by atoms with Crippen molar-refractivity contribution in [3.05, 3.63) is 54.2 Å². The molecule has 0 saturated carbocycles. The Bertz CT molecular complexity index is 805. The quantitative estimate of drug-likeness (QED) is 0.852. The van der Waals surface area contributed by atoms with Crippen LogP contribution in [-0.4, -0.2) is 43.9 Å². The highest BCUT2D eigenvalue weighted by Gasteiger charge is 2.28. The van der Waals surface area contributed by atoms with Crippen LogP contribution in [0.1, 0.15) is 5.56 Å². The van der Waals surface area contributed by atoms with Gasteiger partial charge in [0.15, 0.2) is 0 Å². The van der Waals surface area contributed by atoms with Gasteiger partial charge in [-0.15, -0.1) is 0 Å². The molecule has 1 saturated heterocycles. The number of hydrogen-bond acceptors (Lipinski definition) is 5. The molecule has 1 aromatic heterocycles. The zero-order chi connectivity index (χ0) is 16.3. The minimum absolute atomic E-state index is 0.225. The topological polar surface area (TPSA) is 77.3 Å². The first-order valence-electron chi connectivity index (χ1n) is 7.27. The molecule has 0 amide bonds. The lowest BCUT2D eigenvalue weighted by atomic mass is 10.2. The maximum Gasteiger partial charge on any atom is 0.243 e. The summed E-state index contributed by atoms with van der Waals surface area (Å²) in [6, 6.07) is 13.7. The maximum atomic E-state index is 12.6. The molecule has 1 fully saturated rings. The fourth-order valence-corrected chi connectivity index (χ4v) is 3.97. The number of benzene rings is 1. The summed E-state index contributed by atoms with van der Waals surface area (Å²) in [5, 5.41) is 8.80. The van der Waals surface area contributed by atoms with Crippen molar-refractivity contribution in [3.63, 3.8) is 0 Å². The van der Waals surface area contributed by atoms with Crippen LogP contribution in [0.25, 0.3) is 0 Å². The zero-order valence-corrected chi connectivity index (χ0v) is 13.3. The zero-order valence-electron chi connectivity index (χ0n) is 12.5. The van der Waals surface area contributed by atoms with Gasteiger partial charge in [-0.2, -0.15) is 9.57 Å². The molecule has 6 nitrogen and oxygen atoms in total. The second kappa shape index (κ2) is 6.36. The minimum atomic E-state index is -3.52. The second-order valence-electron chi connectivity index (χ2n) is 5.22. The lowest BCUT2D eigenvalue weighted by Gasteiger charge is -2.34. The van der Waals surface area contributed by atoms with Crippen molar-refractivity contribution in [3.8, 4) is 6.07 Å². The van der Waals surface area contributed by atoms with Gasteiger partial charge in [-0.3, -0.25) is 0 Å². The van der Waals surface area contributed by atoms with Crippen LogP contribution in [0.4, 0.5) is 5.82 Å². The summed E-state index contributed by atoms with van der Waals surface area (Å²) >= 11 is 0. The molecule has 23 heavy (non-hydrogen) atoms. The number of sulfonamides is 1. The van der Waals surface area contributed by atoms with Crippen LogP contribution in [0.5, 0.6) is 0 Å². The van der Waals surface area contributed by atoms with Gasteiger partial charge in [0.25, 0.3) is 0 Å². The fraction of sp³-hybridized carbons (Fsp3) is 0.250. The highest BCUT2D eigenvalue weighted by Crippen LogP contribution is 2.20. The number of piperazine rings is 1. The molecule has 3 rings (SSSR count). The Balaban J connectivity index is 1.72. The van der Waals surface area contributed by atoms with Crippen LogP contribution < -0.4 is 4.90 Å². The molecule has 0 radical (unpaired) electrons. The monoisotopic (exact) mass is 328 g/mol. The average Bonchev–Trinajstić information content (AvgIpc) is 2.62. The normalized spacial score (nSPS) is 16.0. The molecule has 0 unspecified atom stereocenters. The van der Waals surface area contributed by atoms with Crippen LogP contribution >= 0.6 is 0 Å². The molecule has 0 N–H and O–H groups in total. The molecule has 2 heterocycles. The van der Waals surface area contributed by atoms with Gasteiger partial charge in [0.05, 0.1) is 16.5 Å².